The number of hydrogen-bond acceptors (Lipinski definition) is 8. The van der Waals surface area contributed by atoms with E-state index in [2.05, 4.69) is 66.5 Å². The predicted molar refractivity (Wildman–Crippen MR) is 140 cm³/mol. The zero-order valence-corrected chi connectivity index (χ0v) is 23.5. The summed E-state index contributed by atoms with van der Waals surface area (Å²) in [6.07, 6.45) is 2.98. The Labute approximate surface area is 207 Å². The Morgan fingerprint density at radius 2 is 1.91 bits per heavy atom. The Kier molecular flexibility index (Phi) is 7.30. The van der Waals surface area contributed by atoms with Crippen LogP contribution >= 0.6 is 11.3 Å². The third-order valence-electron chi connectivity index (χ3n) is 6.93. The van der Waals surface area contributed by atoms with E-state index in [0.29, 0.717) is 25.8 Å². The molecule has 0 N–H and O–H groups in total. The summed E-state index contributed by atoms with van der Waals surface area (Å²) in [5, 5.41) is 9.93. The molecule has 10 heteroatoms. The monoisotopic (exact) mass is 502 g/mol. The average Bonchev–Trinajstić information content (AvgIpc) is 3.35. The summed E-state index contributed by atoms with van der Waals surface area (Å²) in [7, 11) is -1.74. The molecule has 0 saturated heterocycles. The van der Waals surface area contributed by atoms with E-state index in [-0.39, 0.29) is 5.04 Å². The minimum Gasteiger partial charge on any atom is -0.463 e. The maximum atomic E-state index is 6.28. The maximum Gasteiger partial charge on any atom is 0.319 e. The second-order valence-electron chi connectivity index (χ2n) is 10.6. The first-order valence-corrected chi connectivity index (χ1v) is 16.0. The lowest BCUT2D eigenvalue weighted by atomic mass is 10.2. The number of thiophene rings is 1. The van der Waals surface area contributed by atoms with Crippen molar-refractivity contribution >= 4 is 35.7 Å². The second-order valence-corrected chi connectivity index (χ2v) is 16.5. The SMILES string of the molecule is CCCc1cc2c(N3CCn4c(C)nnc4C3)nc(OCCCO[Si](C)(C)C(C)(C)C)nc2s1. The van der Waals surface area contributed by atoms with Crippen molar-refractivity contribution in [1.82, 2.24) is 24.7 Å². The number of rotatable bonds is 9. The predicted octanol–water partition coefficient (Wildman–Crippen LogP) is 5.35. The van der Waals surface area contributed by atoms with E-state index in [1.807, 2.05) is 6.92 Å². The molecule has 0 aliphatic carbocycles. The van der Waals surface area contributed by atoms with Crippen molar-refractivity contribution in [2.45, 2.75) is 85.1 Å². The van der Waals surface area contributed by atoms with Crippen molar-refractivity contribution in [3.63, 3.8) is 0 Å². The Balaban J connectivity index is 1.49. The minimum absolute atomic E-state index is 0.212. The van der Waals surface area contributed by atoms with Gasteiger partial charge in [0.15, 0.2) is 14.1 Å². The van der Waals surface area contributed by atoms with Gasteiger partial charge in [-0.1, -0.05) is 34.1 Å². The Morgan fingerprint density at radius 1 is 1.12 bits per heavy atom. The number of ether oxygens (including phenoxy) is 1. The van der Waals surface area contributed by atoms with Crippen LogP contribution in [0.2, 0.25) is 18.1 Å². The van der Waals surface area contributed by atoms with Crippen molar-refractivity contribution in [2.75, 3.05) is 24.7 Å². The largest absolute Gasteiger partial charge is 0.463 e. The van der Waals surface area contributed by atoms with Crippen LogP contribution in [0.5, 0.6) is 6.01 Å². The summed E-state index contributed by atoms with van der Waals surface area (Å²) < 4.78 is 14.5. The first-order chi connectivity index (χ1) is 16.1. The molecule has 1 aliphatic rings. The normalized spacial score (nSPS) is 14.6. The fraction of sp³-hybridized carbons (Fsp3) is 0.667. The van der Waals surface area contributed by atoms with E-state index in [1.165, 1.54) is 4.88 Å². The number of fused-ring (bicyclic) bond motifs is 2. The zero-order valence-electron chi connectivity index (χ0n) is 21.6. The van der Waals surface area contributed by atoms with Gasteiger partial charge in [-0.15, -0.1) is 21.5 Å². The van der Waals surface area contributed by atoms with Crippen molar-refractivity contribution in [3.05, 3.63) is 22.6 Å². The highest BCUT2D eigenvalue weighted by Crippen LogP contribution is 2.37. The first kappa shape index (κ1) is 25.1. The van der Waals surface area contributed by atoms with E-state index in [1.54, 1.807) is 11.3 Å². The van der Waals surface area contributed by atoms with Crippen LogP contribution in [-0.2, 0) is 23.9 Å². The second kappa shape index (κ2) is 9.91. The molecule has 1 aliphatic heterocycles. The quantitative estimate of drug-likeness (QED) is 0.288. The standard InChI is InChI=1S/C24H38N6O2SSi/c1-8-10-18-15-19-21(29-11-12-30-17(2)27-28-20(30)16-29)25-23(26-22(19)33-18)31-13-9-14-32-34(6,7)24(3,4)5/h15H,8-14,16H2,1-7H3. The van der Waals surface area contributed by atoms with Crippen LogP contribution in [-0.4, -0.2) is 52.8 Å². The highest BCUT2D eigenvalue weighted by molar-refractivity contribution is 7.18. The molecular formula is C24H38N6O2SSi. The molecule has 0 amide bonds. The Bertz CT molecular complexity index is 1140. The average molecular weight is 503 g/mol. The zero-order chi connectivity index (χ0) is 24.5. The minimum atomic E-state index is -1.74. The fourth-order valence-corrected chi connectivity index (χ4v) is 6.07. The van der Waals surface area contributed by atoms with Gasteiger partial charge in [0.05, 0.1) is 18.5 Å². The molecule has 4 rings (SSSR count). The lowest BCUT2D eigenvalue weighted by Gasteiger charge is -2.36. The molecule has 0 fully saturated rings. The Hall–Kier alpha value is -2.04. The van der Waals surface area contributed by atoms with Crippen LogP contribution in [0.1, 0.15) is 57.1 Å². The van der Waals surface area contributed by atoms with Crippen LogP contribution < -0.4 is 9.64 Å². The van der Waals surface area contributed by atoms with Crippen LogP contribution in [0.4, 0.5) is 5.82 Å². The van der Waals surface area contributed by atoms with Gasteiger partial charge in [0.1, 0.15) is 16.5 Å². The Morgan fingerprint density at radius 3 is 2.65 bits per heavy atom. The van der Waals surface area contributed by atoms with E-state index >= 15 is 0 Å². The first-order valence-electron chi connectivity index (χ1n) is 12.3. The number of nitrogens with zero attached hydrogens (tertiary/aromatic N) is 6. The van der Waals surface area contributed by atoms with E-state index in [4.69, 9.17) is 19.1 Å². The molecule has 3 aromatic rings. The van der Waals surface area contributed by atoms with Crippen molar-refractivity contribution in [3.8, 4) is 6.01 Å². The van der Waals surface area contributed by atoms with Crippen LogP contribution in [0.3, 0.4) is 0 Å². The van der Waals surface area contributed by atoms with Crippen molar-refractivity contribution in [1.29, 1.82) is 0 Å². The highest BCUT2D eigenvalue weighted by atomic mass is 32.1. The summed E-state index contributed by atoms with van der Waals surface area (Å²) in [5.74, 6) is 2.87. The van der Waals surface area contributed by atoms with Crippen molar-refractivity contribution < 1.29 is 9.16 Å². The van der Waals surface area contributed by atoms with E-state index in [9.17, 15) is 0 Å². The molecule has 0 spiro atoms. The lowest BCUT2D eigenvalue weighted by Crippen LogP contribution is -2.41. The number of aromatic nitrogens is 5. The molecule has 186 valence electrons. The van der Waals surface area contributed by atoms with Gasteiger partial charge < -0.3 is 18.6 Å². The van der Waals surface area contributed by atoms with Gasteiger partial charge in [-0.25, -0.2) is 0 Å². The van der Waals surface area contributed by atoms with Gasteiger partial charge in [-0.2, -0.15) is 9.97 Å². The summed E-state index contributed by atoms with van der Waals surface area (Å²) in [6, 6.07) is 2.70. The molecule has 8 nitrogen and oxygen atoms in total. The maximum absolute atomic E-state index is 6.28. The van der Waals surface area contributed by atoms with Crippen molar-refractivity contribution in [2.24, 2.45) is 0 Å². The molecule has 0 atom stereocenters. The van der Waals surface area contributed by atoms with Crippen LogP contribution in [0.25, 0.3) is 10.2 Å². The molecule has 34 heavy (non-hydrogen) atoms. The van der Waals surface area contributed by atoms with Gasteiger partial charge in [0.2, 0.25) is 0 Å². The molecule has 0 bridgehead atoms. The molecular weight excluding hydrogens is 464 g/mol. The molecule has 0 aromatic carbocycles. The summed E-state index contributed by atoms with van der Waals surface area (Å²) in [6.45, 7) is 19.2. The third kappa shape index (κ3) is 5.28. The number of hydrogen-bond donors (Lipinski definition) is 0. The lowest BCUT2D eigenvalue weighted by molar-refractivity contribution is 0.225. The molecule has 0 saturated carbocycles. The molecule has 3 aromatic heterocycles. The van der Waals surface area contributed by atoms with Crippen LogP contribution in [0, 0.1) is 6.92 Å². The molecule has 4 heterocycles. The summed E-state index contributed by atoms with van der Waals surface area (Å²) in [5.41, 5.74) is 0. The topological polar surface area (TPSA) is 78.2 Å². The smallest absolute Gasteiger partial charge is 0.319 e. The van der Waals surface area contributed by atoms with Gasteiger partial charge >= 0.3 is 6.01 Å². The summed E-state index contributed by atoms with van der Waals surface area (Å²) >= 11 is 1.74. The molecule has 0 unspecified atom stereocenters. The number of aryl methyl sites for hydroxylation is 2. The number of anilines is 1. The van der Waals surface area contributed by atoms with Crippen LogP contribution in [0.15, 0.2) is 6.07 Å². The van der Waals surface area contributed by atoms with Gasteiger partial charge in [-0.3, -0.25) is 0 Å². The third-order valence-corrected chi connectivity index (χ3v) is 12.6. The summed E-state index contributed by atoms with van der Waals surface area (Å²) in [4.78, 5) is 14.2. The van der Waals surface area contributed by atoms with E-state index in [0.717, 1.165) is 60.0 Å². The van der Waals surface area contributed by atoms with E-state index < -0.39 is 8.32 Å². The fourth-order valence-electron chi connectivity index (χ4n) is 3.86. The van der Waals surface area contributed by atoms with Gasteiger partial charge in [0.25, 0.3) is 0 Å². The van der Waals surface area contributed by atoms with Gasteiger partial charge in [0, 0.05) is 31.0 Å². The van der Waals surface area contributed by atoms with Gasteiger partial charge in [-0.05, 0) is 37.5 Å². The highest BCUT2D eigenvalue weighted by Gasteiger charge is 2.36. The molecule has 0 radical (unpaired) electrons.